The van der Waals surface area contributed by atoms with Gasteiger partial charge in [-0.05, 0) is 25.2 Å². The molecule has 0 saturated heterocycles. The van der Waals surface area contributed by atoms with Gasteiger partial charge in [-0.25, -0.2) is 9.78 Å². The Morgan fingerprint density at radius 1 is 1.46 bits per heavy atom. The van der Waals surface area contributed by atoms with Crippen LogP contribution in [0.1, 0.15) is 33.1 Å². The number of carboxylic acid groups (broad SMARTS) is 1. The second-order valence-corrected chi connectivity index (χ2v) is 3.32. The van der Waals surface area contributed by atoms with Gasteiger partial charge in [0, 0.05) is 6.92 Å². The highest BCUT2D eigenvalue weighted by molar-refractivity contribution is 5.62. The Bertz CT molecular complexity index is 141. The van der Waals surface area contributed by atoms with Gasteiger partial charge < -0.3 is 5.11 Å². The Kier molecular flexibility index (Phi) is 6.54. The Balaban J connectivity index is 0.000000310. The second-order valence-electron chi connectivity index (χ2n) is 3.32. The molecule has 13 heavy (non-hydrogen) atoms. The van der Waals surface area contributed by atoms with E-state index >= 15 is 0 Å². The largest absolute Gasteiger partial charge is 0.481 e. The van der Waals surface area contributed by atoms with E-state index in [1.165, 1.54) is 6.42 Å². The summed E-state index contributed by atoms with van der Waals surface area (Å²) in [6.07, 6.45) is 3.97. The van der Waals surface area contributed by atoms with Crippen LogP contribution < -0.4 is 0 Å². The van der Waals surface area contributed by atoms with E-state index in [0.717, 1.165) is 25.7 Å². The van der Waals surface area contributed by atoms with Crippen molar-refractivity contribution in [2.45, 2.75) is 39.2 Å². The van der Waals surface area contributed by atoms with Crippen LogP contribution in [0, 0.1) is 5.92 Å². The molecular formula is C9H18O4. The van der Waals surface area contributed by atoms with Crippen molar-refractivity contribution in [2.75, 3.05) is 7.11 Å². The summed E-state index contributed by atoms with van der Waals surface area (Å²) >= 11 is 0. The van der Waals surface area contributed by atoms with Crippen molar-refractivity contribution in [1.82, 2.24) is 0 Å². The average molecular weight is 190 g/mol. The molecule has 0 bridgehead atoms. The summed E-state index contributed by atoms with van der Waals surface area (Å²) in [7, 11) is 1.57. The van der Waals surface area contributed by atoms with E-state index in [0.29, 0.717) is 6.10 Å². The third-order valence-corrected chi connectivity index (χ3v) is 1.88. The van der Waals surface area contributed by atoms with Crippen molar-refractivity contribution in [1.29, 1.82) is 0 Å². The van der Waals surface area contributed by atoms with Gasteiger partial charge in [0.15, 0.2) is 0 Å². The van der Waals surface area contributed by atoms with Crippen molar-refractivity contribution in [3.8, 4) is 0 Å². The molecule has 1 rings (SSSR count). The monoisotopic (exact) mass is 190 g/mol. The van der Waals surface area contributed by atoms with E-state index in [-0.39, 0.29) is 0 Å². The van der Waals surface area contributed by atoms with Crippen molar-refractivity contribution >= 4 is 5.97 Å². The van der Waals surface area contributed by atoms with E-state index < -0.39 is 5.97 Å². The highest BCUT2D eigenvalue weighted by Crippen LogP contribution is 2.26. The fourth-order valence-corrected chi connectivity index (χ4v) is 1.38. The molecule has 2 atom stereocenters. The number of rotatable bonds is 2. The summed E-state index contributed by atoms with van der Waals surface area (Å²) in [4.78, 5) is 18.5. The van der Waals surface area contributed by atoms with Crippen molar-refractivity contribution < 1.29 is 19.7 Å². The van der Waals surface area contributed by atoms with Gasteiger partial charge in [0.25, 0.3) is 5.97 Å². The first-order valence-electron chi connectivity index (χ1n) is 4.45. The summed E-state index contributed by atoms with van der Waals surface area (Å²) in [5.41, 5.74) is 0. The van der Waals surface area contributed by atoms with Crippen molar-refractivity contribution in [3.05, 3.63) is 0 Å². The Hall–Kier alpha value is -0.610. The number of hydrogen-bond donors (Lipinski definition) is 1. The predicted octanol–water partition coefficient (Wildman–Crippen LogP) is 1.84. The fraction of sp³-hybridized carbons (Fsp3) is 0.889. The SMILES string of the molecule is CC(=O)O.COOC1CCC(C)C1. The standard InChI is InChI=1S/C7H14O2.C2H4O2/c1-6-3-4-7(5-6)9-8-2;1-2(3)4/h6-7H,3-5H2,1-2H3;1H3,(H,3,4). The molecule has 1 aliphatic carbocycles. The first-order chi connectivity index (χ1) is 6.06. The van der Waals surface area contributed by atoms with Gasteiger partial charge in [0.05, 0.1) is 13.2 Å². The molecule has 4 nitrogen and oxygen atoms in total. The molecule has 0 aromatic carbocycles. The molecular weight excluding hydrogens is 172 g/mol. The highest BCUT2D eigenvalue weighted by atomic mass is 17.2. The molecule has 1 saturated carbocycles. The second kappa shape index (κ2) is 6.86. The lowest BCUT2D eigenvalue weighted by atomic mass is 10.1. The summed E-state index contributed by atoms with van der Waals surface area (Å²) < 4.78 is 0. The quantitative estimate of drug-likeness (QED) is 0.533. The minimum atomic E-state index is -0.833. The van der Waals surface area contributed by atoms with E-state index in [4.69, 9.17) is 14.8 Å². The third-order valence-electron chi connectivity index (χ3n) is 1.88. The zero-order valence-electron chi connectivity index (χ0n) is 8.45. The molecule has 78 valence electrons. The summed E-state index contributed by atoms with van der Waals surface area (Å²) in [6, 6.07) is 0. The summed E-state index contributed by atoms with van der Waals surface area (Å²) in [5, 5.41) is 7.42. The Morgan fingerprint density at radius 2 is 2.00 bits per heavy atom. The average Bonchev–Trinajstić information content (AvgIpc) is 2.35. The topological polar surface area (TPSA) is 55.8 Å². The summed E-state index contributed by atoms with van der Waals surface area (Å²) in [6.45, 7) is 3.33. The minimum absolute atomic E-state index is 0.366. The lowest BCUT2D eigenvalue weighted by Crippen LogP contribution is -2.06. The van der Waals surface area contributed by atoms with E-state index in [1.807, 2.05) is 0 Å². The maximum absolute atomic E-state index is 9.00. The molecule has 0 amide bonds. The van der Waals surface area contributed by atoms with E-state index in [1.54, 1.807) is 7.11 Å². The van der Waals surface area contributed by atoms with Crippen LogP contribution in [0.2, 0.25) is 0 Å². The number of carbonyl (C=O) groups is 1. The van der Waals surface area contributed by atoms with Gasteiger partial charge in [-0.2, -0.15) is 0 Å². The summed E-state index contributed by atoms with van der Waals surface area (Å²) in [5.74, 6) is -0.00912. The maximum Gasteiger partial charge on any atom is 0.300 e. The van der Waals surface area contributed by atoms with Gasteiger partial charge in [0.1, 0.15) is 0 Å². The lowest BCUT2D eigenvalue weighted by molar-refractivity contribution is -0.303. The van der Waals surface area contributed by atoms with Crippen LogP contribution in [-0.4, -0.2) is 24.3 Å². The van der Waals surface area contributed by atoms with Crippen LogP contribution >= 0.6 is 0 Å². The molecule has 0 aliphatic heterocycles. The van der Waals surface area contributed by atoms with Gasteiger partial charge in [-0.1, -0.05) is 6.92 Å². The zero-order valence-corrected chi connectivity index (χ0v) is 8.45. The van der Waals surface area contributed by atoms with E-state index in [9.17, 15) is 0 Å². The molecule has 0 aromatic heterocycles. The highest BCUT2D eigenvalue weighted by Gasteiger charge is 2.21. The molecule has 2 unspecified atom stereocenters. The number of aliphatic carboxylic acids is 1. The van der Waals surface area contributed by atoms with Crippen LogP contribution in [0.25, 0.3) is 0 Å². The van der Waals surface area contributed by atoms with Crippen LogP contribution in [-0.2, 0) is 14.6 Å². The molecule has 0 spiro atoms. The fourth-order valence-electron chi connectivity index (χ4n) is 1.38. The van der Waals surface area contributed by atoms with Gasteiger partial charge in [-0.3, -0.25) is 4.79 Å². The van der Waals surface area contributed by atoms with Gasteiger partial charge in [0.2, 0.25) is 0 Å². The van der Waals surface area contributed by atoms with E-state index in [2.05, 4.69) is 11.8 Å². The van der Waals surface area contributed by atoms with Crippen molar-refractivity contribution in [3.63, 3.8) is 0 Å². The first kappa shape index (κ1) is 12.4. The molecule has 1 aliphatic rings. The molecule has 0 heterocycles. The van der Waals surface area contributed by atoms with Crippen molar-refractivity contribution in [2.24, 2.45) is 5.92 Å². The van der Waals surface area contributed by atoms with Gasteiger partial charge >= 0.3 is 0 Å². The predicted molar refractivity (Wildman–Crippen MR) is 48.2 cm³/mol. The molecule has 0 aromatic rings. The van der Waals surface area contributed by atoms with Crippen LogP contribution in [0.3, 0.4) is 0 Å². The van der Waals surface area contributed by atoms with Crippen LogP contribution in [0.15, 0.2) is 0 Å². The zero-order chi connectivity index (χ0) is 10.3. The smallest absolute Gasteiger partial charge is 0.300 e. The third kappa shape index (κ3) is 7.74. The number of carboxylic acids is 1. The molecule has 4 heteroatoms. The first-order valence-corrected chi connectivity index (χ1v) is 4.45. The normalized spacial score (nSPS) is 26.4. The minimum Gasteiger partial charge on any atom is -0.481 e. The maximum atomic E-state index is 9.00. The lowest BCUT2D eigenvalue weighted by Gasteiger charge is -2.05. The van der Waals surface area contributed by atoms with Crippen LogP contribution in [0.4, 0.5) is 0 Å². The Morgan fingerprint density at radius 3 is 2.31 bits per heavy atom. The Labute approximate surface area is 78.8 Å². The van der Waals surface area contributed by atoms with Gasteiger partial charge in [-0.15, -0.1) is 0 Å². The molecule has 1 fully saturated rings. The molecule has 1 N–H and O–H groups in total. The molecule has 0 radical (unpaired) electrons. The number of hydrogen-bond acceptors (Lipinski definition) is 3. The van der Waals surface area contributed by atoms with Crippen LogP contribution in [0.5, 0.6) is 0 Å².